The number of urea groups is 1. The molecule has 2 N–H and O–H groups in total. The SMILES string of the molecule is O=C(NC[C@H]1CCCCO1)[C@H]1CCCN(C(=O)Nc2ccccc2)C1. The highest BCUT2D eigenvalue weighted by molar-refractivity contribution is 5.90. The molecule has 0 aliphatic carbocycles. The molecule has 2 atom stereocenters. The first kappa shape index (κ1) is 17.7. The van der Waals surface area contributed by atoms with Crippen LogP contribution in [0.5, 0.6) is 0 Å². The summed E-state index contributed by atoms with van der Waals surface area (Å²) in [6.45, 7) is 2.52. The van der Waals surface area contributed by atoms with Crippen LogP contribution in [0.1, 0.15) is 32.1 Å². The van der Waals surface area contributed by atoms with E-state index in [0.29, 0.717) is 19.6 Å². The van der Waals surface area contributed by atoms with E-state index < -0.39 is 0 Å². The summed E-state index contributed by atoms with van der Waals surface area (Å²) in [4.78, 5) is 26.6. The first-order valence-electron chi connectivity index (χ1n) is 9.22. The van der Waals surface area contributed by atoms with E-state index in [1.165, 1.54) is 0 Å². The summed E-state index contributed by atoms with van der Waals surface area (Å²) in [5.74, 6) is -0.106. The van der Waals surface area contributed by atoms with Crippen molar-refractivity contribution < 1.29 is 14.3 Å². The third kappa shape index (κ3) is 5.19. The number of ether oxygens (including phenoxy) is 1. The molecule has 0 radical (unpaired) electrons. The van der Waals surface area contributed by atoms with Gasteiger partial charge in [-0.1, -0.05) is 18.2 Å². The van der Waals surface area contributed by atoms with Crippen molar-refractivity contribution >= 4 is 17.6 Å². The zero-order chi connectivity index (χ0) is 17.5. The lowest BCUT2D eigenvalue weighted by Crippen LogP contribution is -2.48. The van der Waals surface area contributed by atoms with Gasteiger partial charge in [-0.3, -0.25) is 4.79 Å². The summed E-state index contributed by atoms with van der Waals surface area (Å²) in [5.41, 5.74) is 0.772. The smallest absolute Gasteiger partial charge is 0.321 e. The number of benzene rings is 1. The van der Waals surface area contributed by atoms with Crippen LogP contribution in [0.15, 0.2) is 30.3 Å². The monoisotopic (exact) mass is 345 g/mol. The fourth-order valence-corrected chi connectivity index (χ4v) is 3.43. The number of likely N-dealkylation sites (tertiary alicyclic amines) is 1. The van der Waals surface area contributed by atoms with Crippen LogP contribution in [-0.2, 0) is 9.53 Å². The molecule has 3 amide bonds. The van der Waals surface area contributed by atoms with Gasteiger partial charge in [0.25, 0.3) is 0 Å². The Morgan fingerprint density at radius 1 is 1.12 bits per heavy atom. The first-order chi connectivity index (χ1) is 12.2. The summed E-state index contributed by atoms with van der Waals surface area (Å²) in [6, 6.07) is 9.25. The van der Waals surface area contributed by atoms with Gasteiger partial charge in [0.1, 0.15) is 0 Å². The van der Waals surface area contributed by atoms with E-state index >= 15 is 0 Å². The van der Waals surface area contributed by atoms with Crippen LogP contribution >= 0.6 is 0 Å². The van der Waals surface area contributed by atoms with E-state index in [4.69, 9.17) is 4.74 Å². The van der Waals surface area contributed by atoms with Crippen molar-refractivity contribution in [2.45, 2.75) is 38.2 Å². The summed E-state index contributed by atoms with van der Waals surface area (Å²) in [7, 11) is 0. The molecule has 1 aromatic carbocycles. The molecule has 1 aromatic rings. The third-order valence-corrected chi connectivity index (χ3v) is 4.88. The molecular formula is C19H27N3O3. The molecule has 136 valence electrons. The molecule has 0 aromatic heterocycles. The van der Waals surface area contributed by atoms with E-state index in [-0.39, 0.29) is 24.0 Å². The topological polar surface area (TPSA) is 70.7 Å². The molecule has 0 spiro atoms. The molecule has 2 heterocycles. The summed E-state index contributed by atoms with van der Waals surface area (Å²) in [5, 5.41) is 5.90. The Morgan fingerprint density at radius 3 is 2.72 bits per heavy atom. The van der Waals surface area contributed by atoms with Gasteiger partial charge in [0.05, 0.1) is 12.0 Å². The normalized spacial score (nSPS) is 23.8. The predicted octanol–water partition coefficient (Wildman–Crippen LogP) is 2.62. The highest BCUT2D eigenvalue weighted by atomic mass is 16.5. The number of carbonyl (C=O) groups excluding carboxylic acids is 2. The Morgan fingerprint density at radius 2 is 1.96 bits per heavy atom. The maximum Gasteiger partial charge on any atom is 0.321 e. The molecule has 2 aliphatic rings. The van der Waals surface area contributed by atoms with Crippen LogP contribution in [0.4, 0.5) is 10.5 Å². The number of para-hydroxylation sites is 1. The highest BCUT2D eigenvalue weighted by Gasteiger charge is 2.29. The maximum atomic E-state index is 12.4. The molecule has 2 saturated heterocycles. The van der Waals surface area contributed by atoms with Gasteiger partial charge in [0.15, 0.2) is 0 Å². The molecule has 0 unspecified atom stereocenters. The molecule has 2 aliphatic heterocycles. The number of hydrogen-bond acceptors (Lipinski definition) is 3. The fraction of sp³-hybridized carbons (Fsp3) is 0.579. The van der Waals surface area contributed by atoms with Crippen LogP contribution < -0.4 is 10.6 Å². The van der Waals surface area contributed by atoms with Gasteiger partial charge in [-0.25, -0.2) is 4.79 Å². The predicted molar refractivity (Wildman–Crippen MR) is 96.4 cm³/mol. The molecule has 3 rings (SSSR count). The Bertz CT molecular complexity index is 573. The van der Waals surface area contributed by atoms with Crippen molar-refractivity contribution in [2.24, 2.45) is 5.92 Å². The second kappa shape index (κ2) is 8.85. The number of nitrogens with one attached hydrogen (secondary N) is 2. The lowest BCUT2D eigenvalue weighted by molar-refractivity contribution is -0.127. The zero-order valence-electron chi connectivity index (χ0n) is 14.6. The Hall–Kier alpha value is -2.08. The second-order valence-electron chi connectivity index (χ2n) is 6.82. The maximum absolute atomic E-state index is 12.4. The first-order valence-corrected chi connectivity index (χ1v) is 9.22. The lowest BCUT2D eigenvalue weighted by atomic mass is 9.97. The molecule has 6 nitrogen and oxygen atoms in total. The van der Waals surface area contributed by atoms with E-state index in [0.717, 1.165) is 44.4 Å². The molecular weight excluding hydrogens is 318 g/mol. The number of amides is 3. The number of hydrogen-bond donors (Lipinski definition) is 2. The molecule has 25 heavy (non-hydrogen) atoms. The number of carbonyl (C=O) groups is 2. The largest absolute Gasteiger partial charge is 0.376 e. The number of rotatable bonds is 4. The van der Waals surface area contributed by atoms with Crippen molar-refractivity contribution in [3.8, 4) is 0 Å². The van der Waals surface area contributed by atoms with Gasteiger partial charge >= 0.3 is 6.03 Å². The van der Waals surface area contributed by atoms with Gasteiger partial charge < -0.3 is 20.3 Å². The highest BCUT2D eigenvalue weighted by Crippen LogP contribution is 2.18. The van der Waals surface area contributed by atoms with E-state index in [9.17, 15) is 9.59 Å². The van der Waals surface area contributed by atoms with Gasteiger partial charge in [-0.2, -0.15) is 0 Å². The number of nitrogens with zero attached hydrogens (tertiary/aromatic N) is 1. The van der Waals surface area contributed by atoms with Crippen molar-refractivity contribution in [3.63, 3.8) is 0 Å². The van der Waals surface area contributed by atoms with E-state index in [1.807, 2.05) is 30.3 Å². The van der Waals surface area contributed by atoms with E-state index in [1.54, 1.807) is 4.90 Å². The summed E-state index contributed by atoms with van der Waals surface area (Å²) in [6.07, 6.45) is 5.10. The molecule has 0 bridgehead atoms. The average molecular weight is 345 g/mol. The summed E-state index contributed by atoms with van der Waals surface area (Å²) < 4.78 is 5.65. The number of anilines is 1. The van der Waals surface area contributed by atoms with Gasteiger partial charge in [-0.15, -0.1) is 0 Å². The molecule has 2 fully saturated rings. The van der Waals surface area contributed by atoms with Crippen LogP contribution in [-0.4, -0.2) is 49.2 Å². The Labute approximate surface area is 148 Å². The van der Waals surface area contributed by atoms with Crippen molar-refractivity contribution in [2.75, 3.05) is 31.6 Å². The minimum atomic E-state index is -0.140. The van der Waals surface area contributed by atoms with Crippen LogP contribution in [0.3, 0.4) is 0 Å². The molecule has 6 heteroatoms. The van der Waals surface area contributed by atoms with Gasteiger partial charge in [0.2, 0.25) is 5.91 Å². The van der Waals surface area contributed by atoms with Crippen LogP contribution in [0, 0.1) is 5.92 Å². The fourth-order valence-electron chi connectivity index (χ4n) is 3.43. The standard InChI is InChI=1S/C19H27N3O3/c23-18(20-13-17-10-4-5-12-25-17)15-7-6-11-22(14-15)19(24)21-16-8-2-1-3-9-16/h1-3,8-9,15,17H,4-7,10-14H2,(H,20,23)(H,21,24)/t15-,17+/m0/s1. The third-order valence-electron chi connectivity index (χ3n) is 4.88. The van der Waals surface area contributed by atoms with Crippen LogP contribution in [0.25, 0.3) is 0 Å². The Balaban J connectivity index is 1.46. The van der Waals surface area contributed by atoms with Crippen molar-refractivity contribution in [1.29, 1.82) is 0 Å². The van der Waals surface area contributed by atoms with Crippen molar-refractivity contribution in [1.82, 2.24) is 10.2 Å². The van der Waals surface area contributed by atoms with Gasteiger partial charge in [0, 0.05) is 31.9 Å². The average Bonchev–Trinajstić information content (AvgIpc) is 2.68. The lowest BCUT2D eigenvalue weighted by Gasteiger charge is -2.32. The second-order valence-corrected chi connectivity index (χ2v) is 6.82. The van der Waals surface area contributed by atoms with Crippen molar-refractivity contribution in [3.05, 3.63) is 30.3 Å². The van der Waals surface area contributed by atoms with Crippen LogP contribution in [0.2, 0.25) is 0 Å². The minimum Gasteiger partial charge on any atom is -0.376 e. The van der Waals surface area contributed by atoms with E-state index in [2.05, 4.69) is 10.6 Å². The summed E-state index contributed by atoms with van der Waals surface area (Å²) >= 11 is 0. The quantitative estimate of drug-likeness (QED) is 0.881. The number of piperidine rings is 1. The molecule has 0 saturated carbocycles. The minimum absolute atomic E-state index is 0.0337. The van der Waals surface area contributed by atoms with Gasteiger partial charge in [-0.05, 0) is 44.2 Å². The Kier molecular flexibility index (Phi) is 6.28. The zero-order valence-corrected chi connectivity index (χ0v) is 14.6.